The molecule has 190 valence electrons. The predicted molar refractivity (Wildman–Crippen MR) is 139 cm³/mol. The molecule has 13 heteroatoms. The van der Waals surface area contributed by atoms with Crippen LogP contribution in [0.1, 0.15) is 26.5 Å². The number of nitriles is 1. The summed E-state index contributed by atoms with van der Waals surface area (Å²) in [4.78, 5) is 38.1. The van der Waals surface area contributed by atoms with Crippen LogP contribution < -0.4 is 21.5 Å². The van der Waals surface area contributed by atoms with E-state index in [4.69, 9.17) is 37.6 Å². The van der Waals surface area contributed by atoms with Gasteiger partial charge in [-0.15, -0.1) is 5.10 Å². The highest BCUT2D eigenvalue weighted by atomic mass is 35.5. The molecule has 0 bridgehead atoms. The molecule has 2 heterocycles. The zero-order valence-corrected chi connectivity index (χ0v) is 22.9. The highest BCUT2D eigenvalue weighted by molar-refractivity contribution is 6.74. The number of pyridine rings is 1. The van der Waals surface area contributed by atoms with E-state index in [-0.39, 0.29) is 32.1 Å². The van der Waals surface area contributed by atoms with E-state index in [1.54, 1.807) is 6.07 Å². The second-order valence-electron chi connectivity index (χ2n) is 9.48. The van der Waals surface area contributed by atoms with Crippen LogP contribution in [-0.4, -0.2) is 34.3 Å². The molecule has 0 amide bonds. The Morgan fingerprint density at radius 3 is 2.36 bits per heavy atom. The molecule has 3 aromatic rings. The van der Waals surface area contributed by atoms with Gasteiger partial charge >= 0.3 is 5.69 Å². The maximum atomic E-state index is 12.3. The van der Waals surface area contributed by atoms with Crippen LogP contribution in [0.5, 0.6) is 11.5 Å². The number of aromatic amines is 1. The van der Waals surface area contributed by atoms with Gasteiger partial charge in [-0.3, -0.25) is 14.6 Å². The minimum Gasteiger partial charge on any atom is -0.453 e. The average molecular weight is 550 g/mol. The highest BCUT2D eigenvalue weighted by Crippen LogP contribution is 2.38. The third-order valence-corrected chi connectivity index (χ3v) is 11.0. The molecule has 0 aliphatic heterocycles. The number of benzene rings is 1. The average Bonchev–Trinajstić information content (AvgIpc) is 2.77. The topological polar surface area (TPSA) is 132 Å². The second-order valence-corrected chi connectivity index (χ2v) is 15.1. The summed E-state index contributed by atoms with van der Waals surface area (Å²) in [5.41, 5.74) is -2.37. The maximum absolute atomic E-state index is 12.3. The molecule has 0 radical (unpaired) electrons. The highest BCUT2D eigenvalue weighted by Gasteiger charge is 2.36. The van der Waals surface area contributed by atoms with E-state index < -0.39 is 25.3 Å². The molecular weight excluding hydrogens is 525 g/mol. The van der Waals surface area contributed by atoms with Gasteiger partial charge in [-0.1, -0.05) is 44.0 Å². The maximum Gasteiger partial charge on any atom is 0.349 e. The first kappa shape index (κ1) is 27.4. The third-order valence-electron chi connectivity index (χ3n) is 5.94. The SMILES string of the molecule is CC(C)(C)[Si](C)(C)OCCn1cc(Oc2c(Cl)cc(-n3nc(C#N)c(=O)[nH]c3=O)cc2Cl)ccc1=O. The lowest BCUT2D eigenvalue weighted by Crippen LogP contribution is -2.41. The van der Waals surface area contributed by atoms with Crippen molar-refractivity contribution in [1.29, 1.82) is 5.26 Å². The van der Waals surface area contributed by atoms with Crippen molar-refractivity contribution in [1.82, 2.24) is 19.3 Å². The first-order chi connectivity index (χ1) is 16.7. The fraction of sp³-hybridized carbons (Fsp3) is 0.348. The van der Waals surface area contributed by atoms with Crippen LogP contribution >= 0.6 is 23.2 Å². The first-order valence-corrected chi connectivity index (χ1v) is 14.6. The Bertz CT molecular complexity index is 1490. The Balaban J connectivity index is 1.85. The molecule has 0 fully saturated rings. The molecule has 0 spiro atoms. The van der Waals surface area contributed by atoms with Gasteiger partial charge in [-0.05, 0) is 36.3 Å². The zero-order valence-electron chi connectivity index (χ0n) is 20.4. The minimum atomic E-state index is -1.96. The molecule has 0 saturated carbocycles. The number of aromatic nitrogens is 4. The van der Waals surface area contributed by atoms with Crippen molar-refractivity contribution >= 4 is 31.5 Å². The number of hydrogen-bond donors (Lipinski definition) is 1. The molecule has 0 atom stereocenters. The van der Waals surface area contributed by atoms with Gasteiger partial charge in [-0.25, -0.2) is 4.79 Å². The molecule has 10 nitrogen and oxygen atoms in total. The normalized spacial score (nSPS) is 11.8. The van der Waals surface area contributed by atoms with E-state index in [9.17, 15) is 14.4 Å². The van der Waals surface area contributed by atoms with Gasteiger partial charge in [-0.2, -0.15) is 9.94 Å². The summed E-state index contributed by atoms with van der Waals surface area (Å²) >= 11 is 12.7. The number of H-pyrrole nitrogens is 1. The van der Waals surface area contributed by atoms with Crippen LogP contribution in [0.15, 0.2) is 44.8 Å². The monoisotopic (exact) mass is 549 g/mol. The van der Waals surface area contributed by atoms with Gasteiger partial charge in [0.15, 0.2) is 14.1 Å². The standard InChI is InChI=1S/C23H25Cl2N5O5Si/c1-23(2,3)36(4,5)34-9-8-29-13-15(6-7-19(29)31)35-20-16(24)10-14(11-17(20)25)30-22(33)27-21(32)18(12-26)28-30/h6-7,10-11,13H,8-9H2,1-5H3,(H,27,32,33). The number of ether oxygens (including phenoxy) is 1. The molecule has 1 N–H and O–H groups in total. The summed E-state index contributed by atoms with van der Waals surface area (Å²) in [6.45, 7) is 11.4. The quantitative estimate of drug-likeness (QED) is 0.439. The van der Waals surface area contributed by atoms with Crippen molar-refractivity contribution in [2.45, 2.75) is 45.4 Å². The molecule has 0 aliphatic rings. The lowest BCUT2D eigenvalue weighted by molar-refractivity contribution is 0.269. The van der Waals surface area contributed by atoms with Gasteiger partial charge in [0.2, 0.25) is 5.69 Å². The van der Waals surface area contributed by atoms with Crippen LogP contribution in [0.25, 0.3) is 5.69 Å². The Kier molecular flexibility index (Phi) is 7.95. The minimum absolute atomic E-state index is 0.0370. The fourth-order valence-electron chi connectivity index (χ4n) is 2.89. The van der Waals surface area contributed by atoms with Gasteiger partial charge in [0, 0.05) is 18.8 Å². The van der Waals surface area contributed by atoms with E-state index in [1.165, 1.54) is 35.0 Å². The molecule has 2 aromatic heterocycles. The lowest BCUT2D eigenvalue weighted by Gasteiger charge is -2.36. The van der Waals surface area contributed by atoms with E-state index >= 15 is 0 Å². The molecule has 0 unspecified atom stereocenters. The Morgan fingerprint density at radius 2 is 1.78 bits per heavy atom. The van der Waals surface area contributed by atoms with Crippen LogP contribution in [0.4, 0.5) is 0 Å². The summed E-state index contributed by atoms with van der Waals surface area (Å²) in [5, 5.41) is 12.9. The summed E-state index contributed by atoms with van der Waals surface area (Å²) in [7, 11) is -1.96. The van der Waals surface area contributed by atoms with Crippen molar-refractivity contribution in [2.24, 2.45) is 0 Å². The Morgan fingerprint density at radius 1 is 1.14 bits per heavy atom. The summed E-state index contributed by atoms with van der Waals surface area (Å²) in [6.07, 6.45) is 1.53. The van der Waals surface area contributed by atoms with Crippen molar-refractivity contribution in [3.8, 4) is 23.3 Å². The summed E-state index contributed by atoms with van der Waals surface area (Å²) in [5.74, 6) is 0.396. The van der Waals surface area contributed by atoms with Crippen molar-refractivity contribution in [3.63, 3.8) is 0 Å². The summed E-state index contributed by atoms with van der Waals surface area (Å²) < 4.78 is 14.3. The van der Waals surface area contributed by atoms with Crippen molar-refractivity contribution in [3.05, 3.63) is 77.4 Å². The third kappa shape index (κ3) is 5.96. The van der Waals surface area contributed by atoms with Gasteiger partial charge in [0.05, 0.1) is 22.3 Å². The largest absolute Gasteiger partial charge is 0.453 e. The van der Waals surface area contributed by atoms with Gasteiger partial charge in [0.1, 0.15) is 11.8 Å². The van der Waals surface area contributed by atoms with E-state index in [0.717, 1.165) is 4.68 Å². The fourth-order valence-corrected chi connectivity index (χ4v) is 4.48. The molecule has 36 heavy (non-hydrogen) atoms. The van der Waals surface area contributed by atoms with Crippen LogP contribution in [0, 0.1) is 11.3 Å². The molecule has 0 saturated heterocycles. The zero-order chi connectivity index (χ0) is 26.8. The smallest absolute Gasteiger partial charge is 0.349 e. The molecule has 1 aromatic carbocycles. The predicted octanol–water partition coefficient (Wildman–Crippen LogP) is 4.08. The van der Waals surface area contributed by atoms with Crippen LogP contribution in [0.3, 0.4) is 0 Å². The van der Waals surface area contributed by atoms with E-state index in [2.05, 4.69) is 39.0 Å². The Hall–Kier alpha value is -3.17. The number of hydrogen-bond acceptors (Lipinski definition) is 7. The van der Waals surface area contributed by atoms with Crippen molar-refractivity contribution < 1.29 is 9.16 Å². The number of nitrogens with one attached hydrogen (secondary N) is 1. The Labute approximate surface area is 217 Å². The van der Waals surface area contributed by atoms with E-state index in [0.29, 0.717) is 18.9 Å². The first-order valence-electron chi connectivity index (χ1n) is 10.9. The van der Waals surface area contributed by atoms with E-state index in [1.807, 2.05) is 4.98 Å². The van der Waals surface area contributed by atoms with Gasteiger partial charge < -0.3 is 13.7 Å². The lowest BCUT2D eigenvalue weighted by atomic mass is 10.2. The molecular formula is C23H25Cl2N5O5Si. The van der Waals surface area contributed by atoms with Gasteiger partial charge in [0.25, 0.3) is 11.1 Å². The number of rotatable bonds is 7. The molecule has 0 aliphatic carbocycles. The second kappa shape index (κ2) is 10.4. The number of halogens is 2. The summed E-state index contributed by atoms with van der Waals surface area (Å²) in [6, 6.07) is 7.15. The van der Waals surface area contributed by atoms with Crippen molar-refractivity contribution in [2.75, 3.05) is 6.61 Å². The number of nitrogens with zero attached hydrogens (tertiary/aromatic N) is 4. The molecule has 3 rings (SSSR count). The van der Waals surface area contributed by atoms with Crippen LogP contribution in [-0.2, 0) is 11.0 Å². The van der Waals surface area contributed by atoms with Crippen LogP contribution in [0.2, 0.25) is 28.2 Å².